The molecule has 24 heavy (non-hydrogen) atoms. The van der Waals surface area contributed by atoms with E-state index in [1.54, 1.807) is 0 Å². The molecule has 2 N–H and O–H groups in total. The summed E-state index contributed by atoms with van der Waals surface area (Å²) in [6.07, 6.45) is 5.09. The Balaban J connectivity index is 1.81. The molecule has 0 spiro atoms. The van der Waals surface area contributed by atoms with Crippen LogP contribution in [0.3, 0.4) is 0 Å². The standard InChI is InChI=1S/C22H30N2/c1-15-9-7-10-16(2)21(15)23-19-13-5-6-14-20(19)24-22-17(3)11-8-12-18(22)4/h7-12,19-20,23-24H,5-6,13-14H2,1-4H3. The van der Waals surface area contributed by atoms with Crippen molar-refractivity contribution in [3.63, 3.8) is 0 Å². The predicted octanol–water partition coefficient (Wildman–Crippen LogP) is 5.76. The molecular formula is C22H30N2. The number of nitrogens with one attached hydrogen (secondary N) is 2. The first-order chi connectivity index (χ1) is 11.6. The van der Waals surface area contributed by atoms with Gasteiger partial charge in [0, 0.05) is 23.5 Å². The maximum atomic E-state index is 3.86. The second kappa shape index (κ2) is 7.29. The van der Waals surface area contributed by atoms with E-state index < -0.39 is 0 Å². The van der Waals surface area contributed by atoms with E-state index >= 15 is 0 Å². The maximum absolute atomic E-state index is 3.86. The molecule has 0 saturated heterocycles. The number of para-hydroxylation sites is 2. The zero-order chi connectivity index (χ0) is 17.1. The molecule has 0 bridgehead atoms. The van der Waals surface area contributed by atoms with Crippen molar-refractivity contribution in [1.82, 2.24) is 0 Å². The van der Waals surface area contributed by atoms with Crippen molar-refractivity contribution in [3.8, 4) is 0 Å². The summed E-state index contributed by atoms with van der Waals surface area (Å²) in [4.78, 5) is 0. The highest BCUT2D eigenvalue weighted by Crippen LogP contribution is 2.30. The minimum absolute atomic E-state index is 0.484. The van der Waals surface area contributed by atoms with Gasteiger partial charge in [-0.05, 0) is 62.8 Å². The predicted molar refractivity (Wildman–Crippen MR) is 105 cm³/mol. The molecule has 0 aromatic heterocycles. The Morgan fingerprint density at radius 3 is 1.29 bits per heavy atom. The summed E-state index contributed by atoms with van der Waals surface area (Å²) in [5.74, 6) is 0. The zero-order valence-corrected chi connectivity index (χ0v) is 15.4. The Bertz CT molecular complexity index is 603. The van der Waals surface area contributed by atoms with Crippen LogP contribution in [0.2, 0.25) is 0 Å². The van der Waals surface area contributed by atoms with E-state index in [1.807, 2.05) is 0 Å². The van der Waals surface area contributed by atoms with Crippen molar-refractivity contribution in [1.29, 1.82) is 0 Å². The first kappa shape index (κ1) is 16.9. The average Bonchev–Trinajstić information content (AvgIpc) is 2.56. The lowest BCUT2D eigenvalue weighted by molar-refractivity contribution is 0.423. The number of hydrogen-bond donors (Lipinski definition) is 2. The molecule has 1 fully saturated rings. The van der Waals surface area contributed by atoms with Crippen molar-refractivity contribution in [2.75, 3.05) is 10.6 Å². The number of rotatable bonds is 4. The van der Waals surface area contributed by atoms with Gasteiger partial charge >= 0.3 is 0 Å². The van der Waals surface area contributed by atoms with E-state index in [2.05, 4.69) is 74.7 Å². The molecule has 1 aliphatic rings. The third-order valence-corrected chi connectivity index (χ3v) is 5.39. The van der Waals surface area contributed by atoms with Gasteiger partial charge < -0.3 is 10.6 Å². The topological polar surface area (TPSA) is 24.1 Å². The van der Waals surface area contributed by atoms with Crippen LogP contribution in [0.4, 0.5) is 11.4 Å². The highest BCUT2D eigenvalue weighted by Gasteiger charge is 2.26. The summed E-state index contributed by atoms with van der Waals surface area (Å²) in [7, 11) is 0. The first-order valence-corrected chi connectivity index (χ1v) is 9.22. The number of benzene rings is 2. The van der Waals surface area contributed by atoms with Crippen LogP contribution >= 0.6 is 0 Å². The Kier molecular flexibility index (Phi) is 5.13. The minimum atomic E-state index is 0.484. The maximum Gasteiger partial charge on any atom is 0.0462 e. The molecule has 0 aliphatic heterocycles. The fourth-order valence-corrected chi connectivity index (χ4v) is 3.93. The summed E-state index contributed by atoms with van der Waals surface area (Å²) in [5.41, 5.74) is 7.99. The third kappa shape index (κ3) is 3.58. The van der Waals surface area contributed by atoms with Crippen molar-refractivity contribution < 1.29 is 0 Å². The largest absolute Gasteiger partial charge is 0.380 e. The molecule has 2 aromatic rings. The molecule has 2 heteroatoms. The lowest BCUT2D eigenvalue weighted by atomic mass is 9.89. The minimum Gasteiger partial charge on any atom is -0.380 e. The van der Waals surface area contributed by atoms with Crippen LogP contribution < -0.4 is 10.6 Å². The summed E-state index contributed by atoms with van der Waals surface area (Å²) < 4.78 is 0. The molecule has 128 valence electrons. The average molecular weight is 322 g/mol. The van der Waals surface area contributed by atoms with E-state index in [-0.39, 0.29) is 0 Å². The summed E-state index contributed by atoms with van der Waals surface area (Å²) >= 11 is 0. The molecule has 1 saturated carbocycles. The van der Waals surface area contributed by atoms with Gasteiger partial charge in [0.2, 0.25) is 0 Å². The SMILES string of the molecule is Cc1cccc(C)c1NC1CCCCC1Nc1c(C)cccc1C. The van der Waals surface area contributed by atoms with Crippen LogP contribution in [-0.4, -0.2) is 12.1 Å². The van der Waals surface area contributed by atoms with Crippen LogP contribution in [-0.2, 0) is 0 Å². The normalized spacial score (nSPS) is 20.7. The van der Waals surface area contributed by atoms with Crippen LogP contribution in [0, 0.1) is 27.7 Å². The van der Waals surface area contributed by atoms with Gasteiger partial charge in [0.25, 0.3) is 0 Å². The van der Waals surface area contributed by atoms with Gasteiger partial charge in [-0.3, -0.25) is 0 Å². The van der Waals surface area contributed by atoms with Crippen LogP contribution in [0.25, 0.3) is 0 Å². The van der Waals surface area contributed by atoms with Gasteiger partial charge in [0.05, 0.1) is 0 Å². The molecule has 2 aromatic carbocycles. The van der Waals surface area contributed by atoms with Gasteiger partial charge in [0.1, 0.15) is 0 Å². The quantitative estimate of drug-likeness (QED) is 0.748. The molecule has 1 aliphatic carbocycles. The van der Waals surface area contributed by atoms with Crippen molar-refractivity contribution in [2.24, 2.45) is 0 Å². The third-order valence-electron chi connectivity index (χ3n) is 5.39. The van der Waals surface area contributed by atoms with E-state index in [1.165, 1.54) is 59.3 Å². The van der Waals surface area contributed by atoms with Crippen LogP contribution in [0.15, 0.2) is 36.4 Å². The lowest BCUT2D eigenvalue weighted by Crippen LogP contribution is -2.42. The Labute approximate surface area is 146 Å². The highest BCUT2D eigenvalue weighted by molar-refractivity contribution is 5.60. The lowest BCUT2D eigenvalue weighted by Gasteiger charge is -2.35. The van der Waals surface area contributed by atoms with Crippen molar-refractivity contribution >= 4 is 11.4 Å². The van der Waals surface area contributed by atoms with Gasteiger partial charge in [-0.25, -0.2) is 0 Å². The molecule has 0 radical (unpaired) electrons. The zero-order valence-electron chi connectivity index (χ0n) is 15.4. The molecular weight excluding hydrogens is 292 g/mol. The Morgan fingerprint density at radius 1 is 0.625 bits per heavy atom. The molecule has 0 heterocycles. The number of aryl methyl sites for hydroxylation is 4. The fraction of sp³-hybridized carbons (Fsp3) is 0.455. The van der Waals surface area contributed by atoms with E-state index in [9.17, 15) is 0 Å². The van der Waals surface area contributed by atoms with Gasteiger partial charge in [-0.15, -0.1) is 0 Å². The van der Waals surface area contributed by atoms with Crippen LogP contribution in [0.1, 0.15) is 47.9 Å². The molecule has 2 atom stereocenters. The van der Waals surface area contributed by atoms with Crippen molar-refractivity contribution in [2.45, 2.75) is 65.5 Å². The second-order valence-electron chi connectivity index (χ2n) is 7.32. The van der Waals surface area contributed by atoms with Gasteiger partial charge in [0.15, 0.2) is 0 Å². The molecule has 0 amide bonds. The summed E-state index contributed by atoms with van der Waals surface area (Å²) in [6.45, 7) is 8.80. The van der Waals surface area contributed by atoms with E-state index in [0.29, 0.717) is 12.1 Å². The first-order valence-electron chi connectivity index (χ1n) is 9.22. The smallest absolute Gasteiger partial charge is 0.0462 e. The van der Waals surface area contributed by atoms with E-state index in [4.69, 9.17) is 0 Å². The summed E-state index contributed by atoms with van der Waals surface area (Å²) in [5, 5.41) is 7.73. The molecule has 2 unspecified atom stereocenters. The Hall–Kier alpha value is -1.96. The highest BCUT2D eigenvalue weighted by atomic mass is 15.0. The summed E-state index contributed by atoms with van der Waals surface area (Å²) in [6, 6.07) is 14.1. The fourth-order valence-electron chi connectivity index (χ4n) is 3.93. The second-order valence-corrected chi connectivity index (χ2v) is 7.32. The van der Waals surface area contributed by atoms with Crippen LogP contribution in [0.5, 0.6) is 0 Å². The van der Waals surface area contributed by atoms with Gasteiger partial charge in [-0.2, -0.15) is 0 Å². The van der Waals surface area contributed by atoms with Crippen molar-refractivity contribution in [3.05, 3.63) is 58.7 Å². The number of hydrogen-bond acceptors (Lipinski definition) is 2. The Morgan fingerprint density at radius 2 is 0.958 bits per heavy atom. The van der Waals surface area contributed by atoms with E-state index in [0.717, 1.165) is 0 Å². The monoisotopic (exact) mass is 322 g/mol. The van der Waals surface area contributed by atoms with Gasteiger partial charge in [-0.1, -0.05) is 49.2 Å². The molecule has 2 nitrogen and oxygen atoms in total. The molecule has 3 rings (SSSR count). The number of anilines is 2.